The molecule has 1 aromatic carbocycles. The standard InChI is InChI=1S/C21H28Cl2N4O2/c1-13(2)12-24-19(28)8-9-20(29)25-18-11-17(21(3,4)5)26-27(18)14-6-7-15(22)16(23)10-14/h6-7,10-11,13H,8-9,12H2,1-5H3,(H,24,28)(H,25,29). The fraction of sp³-hybridized carbons (Fsp3) is 0.476. The quantitative estimate of drug-likeness (QED) is 0.640. The molecule has 2 rings (SSSR count). The van der Waals surface area contributed by atoms with Crippen molar-refractivity contribution in [2.24, 2.45) is 5.92 Å². The molecule has 0 radical (unpaired) electrons. The Morgan fingerprint density at radius 1 is 1.07 bits per heavy atom. The van der Waals surface area contributed by atoms with E-state index in [1.54, 1.807) is 22.9 Å². The van der Waals surface area contributed by atoms with Crippen molar-refractivity contribution in [1.82, 2.24) is 15.1 Å². The second-order valence-corrected chi connectivity index (χ2v) is 9.24. The van der Waals surface area contributed by atoms with Gasteiger partial charge < -0.3 is 10.6 Å². The summed E-state index contributed by atoms with van der Waals surface area (Å²) in [4.78, 5) is 24.3. The van der Waals surface area contributed by atoms with Gasteiger partial charge in [0.05, 0.1) is 21.4 Å². The Labute approximate surface area is 182 Å². The highest BCUT2D eigenvalue weighted by molar-refractivity contribution is 6.42. The van der Waals surface area contributed by atoms with Crippen LogP contribution in [0.15, 0.2) is 24.3 Å². The van der Waals surface area contributed by atoms with E-state index in [0.717, 1.165) is 5.69 Å². The molecule has 0 saturated carbocycles. The summed E-state index contributed by atoms with van der Waals surface area (Å²) in [5.41, 5.74) is 1.28. The van der Waals surface area contributed by atoms with Gasteiger partial charge in [0.2, 0.25) is 11.8 Å². The molecule has 0 fully saturated rings. The zero-order chi connectivity index (χ0) is 21.8. The van der Waals surface area contributed by atoms with Crippen molar-refractivity contribution in [3.05, 3.63) is 40.0 Å². The predicted octanol–water partition coefficient (Wildman–Crippen LogP) is 4.97. The molecule has 0 saturated heterocycles. The summed E-state index contributed by atoms with van der Waals surface area (Å²) in [7, 11) is 0. The van der Waals surface area contributed by atoms with Crippen LogP contribution in [0, 0.1) is 5.92 Å². The molecule has 0 aliphatic carbocycles. The van der Waals surface area contributed by atoms with Crippen LogP contribution in [0.1, 0.15) is 53.2 Å². The Morgan fingerprint density at radius 2 is 1.72 bits per heavy atom. The van der Waals surface area contributed by atoms with Crippen molar-refractivity contribution in [2.45, 2.75) is 52.9 Å². The molecule has 8 heteroatoms. The number of halogens is 2. The molecule has 6 nitrogen and oxygen atoms in total. The maximum absolute atomic E-state index is 12.4. The maximum Gasteiger partial charge on any atom is 0.226 e. The minimum atomic E-state index is -0.258. The van der Waals surface area contributed by atoms with Gasteiger partial charge in [-0.3, -0.25) is 9.59 Å². The number of hydrogen-bond acceptors (Lipinski definition) is 3. The summed E-state index contributed by atoms with van der Waals surface area (Å²) in [5.74, 6) is 0.485. The summed E-state index contributed by atoms with van der Waals surface area (Å²) in [5, 5.41) is 11.2. The van der Waals surface area contributed by atoms with Gasteiger partial charge in [-0.15, -0.1) is 0 Å². The van der Waals surface area contributed by atoms with E-state index >= 15 is 0 Å². The topological polar surface area (TPSA) is 76.0 Å². The monoisotopic (exact) mass is 438 g/mol. The summed E-state index contributed by atoms with van der Waals surface area (Å²) in [6.07, 6.45) is 0.215. The van der Waals surface area contributed by atoms with Crippen LogP contribution in [0.25, 0.3) is 5.69 Å². The highest BCUT2D eigenvalue weighted by Gasteiger charge is 2.22. The average molecular weight is 439 g/mol. The zero-order valence-electron chi connectivity index (χ0n) is 17.5. The number of carbonyl (C=O) groups is 2. The van der Waals surface area contributed by atoms with E-state index in [9.17, 15) is 9.59 Å². The van der Waals surface area contributed by atoms with E-state index in [1.165, 1.54) is 0 Å². The lowest BCUT2D eigenvalue weighted by molar-refractivity contribution is -0.124. The fourth-order valence-electron chi connectivity index (χ4n) is 2.49. The Balaban J connectivity index is 2.18. The molecule has 0 atom stereocenters. The Hall–Kier alpha value is -2.05. The maximum atomic E-state index is 12.4. The molecule has 158 valence electrons. The third-order valence-electron chi connectivity index (χ3n) is 4.18. The van der Waals surface area contributed by atoms with E-state index in [4.69, 9.17) is 23.2 Å². The Morgan fingerprint density at radius 3 is 2.31 bits per heavy atom. The number of hydrogen-bond donors (Lipinski definition) is 2. The summed E-state index contributed by atoms with van der Waals surface area (Å²) in [6, 6.07) is 6.99. The van der Waals surface area contributed by atoms with Gasteiger partial charge in [0.25, 0.3) is 0 Å². The van der Waals surface area contributed by atoms with Crippen LogP contribution in [0.4, 0.5) is 5.82 Å². The molecule has 1 heterocycles. The van der Waals surface area contributed by atoms with E-state index in [0.29, 0.717) is 34.0 Å². The molecule has 1 aromatic heterocycles. The number of amides is 2. The van der Waals surface area contributed by atoms with Crippen LogP contribution >= 0.6 is 23.2 Å². The summed E-state index contributed by atoms with van der Waals surface area (Å²) in [6.45, 7) is 10.8. The number of carbonyl (C=O) groups excluding carboxylic acids is 2. The van der Waals surface area contributed by atoms with Gasteiger partial charge in [-0.25, -0.2) is 4.68 Å². The molecule has 0 bridgehead atoms. The lowest BCUT2D eigenvalue weighted by atomic mass is 9.92. The number of aromatic nitrogens is 2. The third kappa shape index (κ3) is 6.75. The van der Waals surface area contributed by atoms with Gasteiger partial charge in [-0.05, 0) is 24.1 Å². The summed E-state index contributed by atoms with van der Waals surface area (Å²) < 4.78 is 1.62. The lowest BCUT2D eigenvalue weighted by Crippen LogP contribution is -2.28. The molecule has 0 unspecified atom stereocenters. The Kier molecular flexibility index (Phi) is 7.72. The number of nitrogens with one attached hydrogen (secondary N) is 2. The predicted molar refractivity (Wildman–Crippen MR) is 118 cm³/mol. The summed E-state index contributed by atoms with van der Waals surface area (Å²) >= 11 is 12.2. The number of benzene rings is 1. The molecule has 0 aliphatic rings. The van der Waals surface area contributed by atoms with Crippen LogP contribution in [-0.4, -0.2) is 28.1 Å². The van der Waals surface area contributed by atoms with Gasteiger partial charge >= 0.3 is 0 Å². The van der Waals surface area contributed by atoms with Crippen molar-refractivity contribution in [3.63, 3.8) is 0 Å². The first kappa shape index (κ1) is 23.2. The van der Waals surface area contributed by atoms with Crippen molar-refractivity contribution in [1.29, 1.82) is 0 Å². The molecule has 0 spiro atoms. The second kappa shape index (κ2) is 9.63. The van der Waals surface area contributed by atoms with Crippen LogP contribution in [-0.2, 0) is 15.0 Å². The highest BCUT2D eigenvalue weighted by atomic mass is 35.5. The van der Waals surface area contributed by atoms with Crippen LogP contribution < -0.4 is 10.6 Å². The van der Waals surface area contributed by atoms with Crippen molar-refractivity contribution < 1.29 is 9.59 Å². The fourth-order valence-corrected chi connectivity index (χ4v) is 2.78. The van der Waals surface area contributed by atoms with Gasteiger partial charge in [0.15, 0.2) is 0 Å². The van der Waals surface area contributed by atoms with Crippen LogP contribution in [0.2, 0.25) is 10.0 Å². The smallest absolute Gasteiger partial charge is 0.226 e. The molecule has 0 aliphatic heterocycles. The third-order valence-corrected chi connectivity index (χ3v) is 4.92. The molecule has 29 heavy (non-hydrogen) atoms. The SMILES string of the molecule is CC(C)CNC(=O)CCC(=O)Nc1cc(C(C)(C)C)nn1-c1ccc(Cl)c(Cl)c1. The number of anilines is 1. The van der Waals surface area contributed by atoms with Crippen LogP contribution in [0.5, 0.6) is 0 Å². The van der Waals surface area contributed by atoms with Crippen molar-refractivity contribution >= 4 is 40.8 Å². The average Bonchev–Trinajstić information content (AvgIpc) is 3.04. The van der Waals surface area contributed by atoms with E-state index in [1.807, 2.05) is 40.7 Å². The zero-order valence-corrected chi connectivity index (χ0v) is 19.0. The molecule has 2 aromatic rings. The lowest BCUT2D eigenvalue weighted by Gasteiger charge is -2.14. The van der Waals surface area contributed by atoms with Crippen molar-refractivity contribution in [2.75, 3.05) is 11.9 Å². The number of nitrogens with zero attached hydrogens (tertiary/aromatic N) is 2. The first-order valence-corrected chi connectivity index (χ1v) is 10.4. The minimum Gasteiger partial charge on any atom is -0.356 e. The second-order valence-electron chi connectivity index (χ2n) is 8.42. The van der Waals surface area contributed by atoms with E-state index in [2.05, 4.69) is 15.7 Å². The molecule has 2 N–H and O–H groups in total. The molecular formula is C21H28Cl2N4O2. The van der Waals surface area contributed by atoms with E-state index in [-0.39, 0.29) is 30.1 Å². The highest BCUT2D eigenvalue weighted by Crippen LogP contribution is 2.29. The van der Waals surface area contributed by atoms with Gasteiger partial charge in [0.1, 0.15) is 5.82 Å². The first-order chi connectivity index (χ1) is 13.5. The Bertz CT molecular complexity index is 885. The van der Waals surface area contributed by atoms with Gasteiger partial charge in [-0.1, -0.05) is 57.8 Å². The molecule has 2 amide bonds. The van der Waals surface area contributed by atoms with Gasteiger partial charge in [-0.2, -0.15) is 5.10 Å². The largest absolute Gasteiger partial charge is 0.356 e. The number of rotatable bonds is 7. The molecular weight excluding hydrogens is 411 g/mol. The van der Waals surface area contributed by atoms with E-state index < -0.39 is 0 Å². The van der Waals surface area contributed by atoms with Gasteiger partial charge in [0, 0.05) is 30.9 Å². The van der Waals surface area contributed by atoms with Crippen LogP contribution in [0.3, 0.4) is 0 Å². The minimum absolute atomic E-state index is 0.0847. The first-order valence-electron chi connectivity index (χ1n) is 9.60. The normalized spacial score (nSPS) is 11.6. The van der Waals surface area contributed by atoms with Crippen molar-refractivity contribution in [3.8, 4) is 5.69 Å².